The number of H-pyrrole nitrogens is 1. The van der Waals surface area contributed by atoms with Crippen molar-refractivity contribution in [2.24, 2.45) is 0 Å². The number of fused-ring (bicyclic) bond motifs is 2. The third kappa shape index (κ3) is 2.67. The Morgan fingerprint density at radius 1 is 1.33 bits per heavy atom. The largest absolute Gasteiger partial charge is 0.354 e. The van der Waals surface area contributed by atoms with Gasteiger partial charge in [0.25, 0.3) is 5.91 Å². The number of carbonyl (C=O) groups is 2. The fraction of sp³-hybridized carbons (Fsp3) is 0.227. The van der Waals surface area contributed by atoms with Gasteiger partial charge >= 0.3 is 0 Å². The van der Waals surface area contributed by atoms with Crippen LogP contribution in [0.3, 0.4) is 0 Å². The molecule has 0 saturated carbocycles. The third-order valence-electron chi connectivity index (χ3n) is 5.94. The van der Waals surface area contributed by atoms with Crippen LogP contribution >= 0.6 is 0 Å². The molecule has 0 unspecified atom stereocenters. The van der Waals surface area contributed by atoms with E-state index in [0.717, 1.165) is 22.2 Å². The Hall–Kier alpha value is -3.68. The number of nitrogens with zero attached hydrogens (tertiary/aromatic N) is 3. The Labute approximate surface area is 172 Å². The summed E-state index contributed by atoms with van der Waals surface area (Å²) in [5, 5.41) is 11.3. The fourth-order valence-electron chi connectivity index (χ4n) is 4.19. The standard InChI is InChI=1S/C22H20FN5O2/c1-3-19(29)27-9-13(10-27)28-11-15-16(23)5-7-18(20(15)22(28)30)25-21-12(2)4-6-17-14(21)8-24-26-17/h3-8,13,25H,1,9-11H2,2H3,(H,24,26). The summed E-state index contributed by atoms with van der Waals surface area (Å²) in [6.07, 6.45) is 2.99. The van der Waals surface area contributed by atoms with Gasteiger partial charge in [-0.2, -0.15) is 5.10 Å². The molecular formula is C22H20FN5O2. The zero-order valence-electron chi connectivity index (χ0n) is 16.4. The first kappa shape index (κ1) is 18.4. The zero-order valence-corrected chi connectivity index (χ0v) is 16.4. The number of amides is 2. The second kappa shape index (κ2) is 6.69. The van der Waals surface area contributed by atoms with E-state index in [1.807, 2.05) is 19.1 Å². The minimum Gasteiger partial charge on any atom is -0.354 e. The van der Waals surface area contributed by atoms with Crippen LogP contribution in [-0.4, -0.2) is 50.9 Å². The smallest absolute Gasteiger partial charge is 0.257 e. The molecule has 0 spiro atoms. The summed E-state index contributed by atoms with van der Waals surface area (Å²) in [6.45, 7) is 6.51. The lowest BCUT2D eigenvalue weighted by Gasteiger charge is -2.43. The average molecular weight is 405 g/mol. The number of aromatic nitrogens is 2. The molecule has 5 rings (SSSR count). The lowest BCUT2D eigenvalue weighted by atomic mass is 10.1. The number of rotatable bonds is 4. The van der Waals surface area contributed by atoms with Crippen molar-refractivity contribution in [2.75, 3.05) is 18.4 Å². The molecule has 2 amide bonds. The average Bonchev–Trinajstić information content (AvgIpc) is 3.31. The maximum atomic E-state index is 14.6. The van der Waals surface area contributed by atoms with Crippen LogP contribution in [0.25, 0.3) is 10.9 Å². The van der Waals surface area contributed by atoms with E-state index in [2.05, 4.69) is 22.1 Å². The van der Waals surface area contributed by atoms with Crippen LogP contribution < -0.4 is 5.32 Å². The second-order valence-electron chi connectivity index (χ2n) is 7.70. The first-order valence-corrected chi connectivity index (χ1v) is 9.71. The monoisotopic (exact) mass is 405 g/mol. The van der Waals surface area contributed by atoms with Gasteiger partial charge in [-0.25, -0.2) is 4.39 Å². The van der Waals surface area contributed by atoms with Gasteiger partial charge in [0, 0.05) is 24.0 Å². The molecule has 7 nitrogen and oxygen atoms in total. The summed E-state index contributed by atoms with van der Waals surface area (Å²) < 4.78 is 14.6. The van der Waals surface area contributed by atoms with Gasteiger partial charge < -0.3 is 15.1 Å². The van der Waals surface area contributed by atoms with Crippen molar-refractivity contribution in [3.63, 3.8) is 0 Å². The van der Waals surface area contributed by atoms with Crippen molar-refractivity contribution in [1.82, 2.24) is 20.0 Å². The highest BCUT2D eigenvalue weighted by molar-refractivity contribution is 6.06. The summed E-state index contributed by atoms with van der Waals surface area (Å²) in [7, 11) is 0. The van der Waals surface area contributed by atoms with Gasteiger partial charge in [-0.05, 0) is 36.8 Å². The van der Waals surface area contributed by atoms with Crippen molar-refractivity contribution in [2.45, 2.75) is 19.5 Å². The number of halogens is 1. The molecule has 0 bridgehead atoms. The maximum Gasteiger partial charge on any atom is 0.257 e. The molecule has 152 valence electrons. The molecule has 1 fully saturated rings. The van der Waals surface area contributed by atoms with Gasteiger partial charge in [0.2, 0.25) is 5.91 Å². The van der Waals surface area contributed by atoms with E-state index in [-0.39, 0.29) is 24.4 Å². The van der Waals surface area contributed by atoms with E-state index in [1.165, 1.54) is 12.1 Å². The number of nitrogens with one attached hydrogen (secondary N) is 2. The van der Waals surface area contributed by atoms with E-state index >= 15 is 0 Å². The molecule has 1 saturated heterocycles. The van der Waals surface area contributed by atoms with Crippen molar-refractivity contribution < 1.29 is 14.0 Å². The molecule has 2 aromatic carbocycles. The molecular weight excluding hydrogens is 385 g/mol. The third-order valence-corrected chi connectivity index (χ3v) is 5.94. The zero-order chi connectivity index (χ0) is 21.0. The van der Waals surface area contributed by atoms with Crippen LogP contribution in [0.1, 0.15) is 21.5 Å². The quantitative estimate of drug-likeness (QED) is 0.654. The molecule has 3 heterocycles. The number of anilines is 2. The Balaban J connectivity index is 1.47. The number of aryl methyl sites for hydroxylation is 1. The molecule has 2 aliphatic heterocycles. The summed E-state index contributed by atoms with van der Waals surface area (Å²) in [5.41, 5.74) is 3.98. The molecule has 2 N–H and O–H groups in total. The van der Waals surface area contributed by atoms with Crippen molar-refractivity contribution in [3.8, 4) is 0 Å². The first-order valence-electron chi connectivity index (χ1n) is 9.71. The molecule has 0 atom stereocenters. The maximum absolute atomic E-state index is 14.6. The minimum absolute atomic E-state index is 0.125. The summed E-state index contributed by atoms with van der Waals surface area (Å²) >= 11 is 0. The predicted molar refractivity (Wildman–Crippen MR) is 111 cm³/mol. The van der Waals surface area contributed by atoms with Gasteiger partial charge in [0.15, 0.2) is 0 Å². The van der Waals surface area contributed by atoms with E-state index in [0.29, 0.717) is 29.9 Å². The summed E-state index contributed by atoms with van der Waals surface area (Å²) in [4.78, 5) is 28.2. The molecule has 0 radical (unpaired) electrons. The van der Waals surface area contributed by atoms with Gasteiger partial charge in [-0.3, -0.25) is 14.7 Å². The minimum atomic E-state index is -0.400. The first-order chi connectivity index (χ1) is 14.5. The normalized spacial score (nSPS) is 16.0. The van der Waals surface area contributed by atoms with Crippen LogP contribution in [-0.2, 0) is 11.3 Å². The molecule has 30 heavy (non-hydrogen) atoms. The van der Waals surface area contributed by atoms with Crippen molar-refractivity contribution in [3.05, 3.63) is 65.6 Å². The number of benzene rings is 2. The lowest BCUT2D eigenvalue weighted by Crippen LogP contribution is -2.60. The summed E-state index contributed by atoms with van der Waals surface area (Å²) in [6, 6.07) is 6.76. The van der Waals surface area contributed by atoms with Crippen LogP contribution in [0.5, 0.6) is 0 Å². The Kier molecular flexibility index (Phi) is 4.09. The van der Waals surface area contributed by atoms with E-state index in [4.69, 9.17) is 0 Å². The Bertz CT molecular complexity index is 1210. The van der Waals surface area contributed by atoms with Gasteiger partial charge in [-0.1, -0.05) is 12.6 Å². The molecule has 2 aliphatic rings. The van der Waals surface area contributed by atoms with E-state index < -0.39 is 5.82 Å². The Morgan fingerprint density at radius 2 is 2.13 bits per heavy atom. The van der Waals surface area contributed by atoms with Gasteiger partial charge in [-0.15, -0.1) is 0 Å². The highest BCUT2D eigenvalue weighted by Crippen LogP contribution is 2.37. The SMILES string of the molecule is C=CC(=O)N1CC(N2Cc3c(F)ccc(Nc4c(C)ccc5[nH]ncc45)c3C2=O)C1. The molecule has 3 aromatic rings. The van der Waals surface area contributed by atoms with Gasteiger partial charge in [0.05, 0.1) is 41.2 Å². The van der Waals surface area contributed by atoms with Crippen LogP contribution in [0.15, 0.2) is 43.1 Å². The van der Waals surface area contributed by atoms with Crippen LogP contribution in [0, 0.1) is 12.7 Å². The number of hydrogen-bond acceptors (Lipinski definition) is 4. The summed E-state index contributed by atoms with van der Waals surface area (Å²) in [5.74, 6) is -0.782. The number of likely N-dealkylation sites (tertiary alicyclic amines) is 1. The lowest BCUT2D eigenvalue weighted by molar-refractivity contribution is -0.132. The van der Waals surface area contributed by atoms with Crippen LogP contribution in [0.2, 0.25) is 0 Å². The number of aromatic amines is 1. The van der Waals surface area contributed by atoms with Crippen molar-refractivity contribution >= 4 is 34.1 Å². The van der Waals surface area contributed by atoms with Gasteiger partial charge in [0.1, 0.15) is 5.82 Å². The van der Waals surface area contributed by atoms with Crippen molar-refractivity contribution in [1.29, 1.82) is 0 Å². The van der Waals surface area contributed by atoms with E-state index in [9.17, 15) is 14.0 Å². The molecule has 8 heteroatoms. The second-order valence-corrected chi connectivity index (χ2v) is 7.70. The highest BCUT2D eigenvalue weighted by Gasteiger charge is 2.42. The van der Waals surface area contributed by atoms with Crippen LogP contribution in [0.4, 0.5) is 15.8 Å². The number of hydrogen-bond donors (Lipinski definition) is 2. The number of carbonyl (C=O) groups excluding carboxylic acids is 2. The fourth-order valence-corrected chi connectivity index (χ4v) is 4.19. The highest BCUT2D eigenvalue weighted by atomic mass is 19.1. The molecule has 0 aliphatic carbocycles. The predicted octanol–water partition coefficient (Wildman–Crippen LogP) is 3.11. The Morgan fingerprint density at radius 3 is 2.90 bits per heavy atom. The van der Waals surface area contributed by atoms with E-state index in [1.54, 1.807) is 22.1 Å². The molecule has 1 aromatic heterocycles. The topological polar surface area (TPSA) is 81.3 Å².